The zero-order valence-electron chi connectivity index (χ0n) is 8.30. The smallest absolute Gasteiger partial charge is 0.0642 e. The largest absolute Gasteiger partial charge is 0.390 e. The zero-order valence-corrected chi connectivity index (χ0v) is 8.30. The maximum absolute atomic E-state index is 9.74. The lowest BCUT2D eigenvalue weighted by Crippen LogP contribution is -2.26. The highest BCUT2D eigenvalue weighted by Crippen LogP contribution is 2.16. The number of methoxy groups -OCH3 is 2. The van der Waals surface area contributed by atoms with Crippen molar-refractivity contribution in [2.45, 2.75) is 31.8 Å². The molecule has 0 aromatic carbocycles. The number of rotatable bonds is 7. The van der Waals surface area contributed by atoms with Crippen molar-refractivity contribution < 1.29 is 14.6 Å². The van der Waals surface area contributed by atoms with Gasteiger partial charge in [-0.15, -0.1) is 0 Å². The topological polar surface area (TPSA) is 38.7 Å². The van der Waals surface area contributed by atoms with Gasteiger partial charge in [-0.25, -0.2) is 0 Å². The molecule has 0 spiro atoms. The zero-order chi connectivity index (χ0) is 9.45. The van der Waals surface area contributed by atoms with E-state index in [0.717, 1.165) is 12.8 Å². The molecule has 0 radical (unpaired) electrons. The van der Waals surface area contributed by atoms with Crippen LogP contribution in [0.5, 0.6) is 0 Å². The molecular formula is C9H20O3. The van der Waals surface area contributed by atoms with Gasteiger partial charge in [0.2, 0.25) is 0 Å². The van der Waals surface area contributed by atoms with E-state index in [2.05, 4.69) is 0 Å². The lowest BCUT2D eigenvalue weighted by atomic mass is 9.97. The van der Waals surface area contributed by atoms with Gasteiger partial charge in [0.15, 0.2) is 0 Å². The van der Waals surface area contributed by atoms with Gasteiger partial charge < -0.3 is 14.6 Å². The second-order valence-corrected chi connectivity index (χ2v) is 3.34. The van der Waals surface area contributed by atoms with E-state index in [-0.39, 0.29) is 0 Å². The minimum absolute atomic E-state index is 0.603. The maximum atomic E-state index is 9.74. The molecule has 3 nitrogen and oxygen atoms in total. The van der Waals surface area contributed by atoms with Crippen molar-refractivity contribution in [2.24, 2.45) is 0 Å². The van der Waals surface area contributed by atoms with Gasteiger partial charge in [0, 0.05) is 27.4 Å². The van der Waals surface area contributed by atoms with E-state index in [0.29, 0.717) is 19.6 Å². The molecule has 0 saturated heterocycles. The lowest BCUT2D eigenvalue weighted by Gasteiger charge is -2.22. The van der Waals surface area contributed by atoms with Crippen molar-refractivity contribution in [3.05, 3.63) is 0 Å². The summed E-state index contributed by atoms with van der Waals surface area (Å²) < 4.78 is 9.79. The standard InChI is InChI=1S/C9H20O3/c1-9(10,6-8-12-3)5-4-7-11-2/h10H,4-8H2,1-3H3. The van der Waals surface area contributed by atoms with Crippen LogP contribution in [-0.2, 0) is 9.47 Å². The summed E-state index contributed by atoms with van der Waals surface area (Å²) >= 11 is 0. The minimum Gasteiger partial charge on any atom is -0.390 e. The number of hydrogen-bond donors (Lipinski definition) is 1. The van der Waals surface area contributed by atoms with E-state index in [1.807, 2.05) is 6.92 Å². The van der Waals surface area contributed by atoms with Crippen LogP contribution < -0.4 is 0 Å². The Morgan fingerprint density at radius 2 is 1.67 bits per heavy atom. The van der Waals surface area contributed by atoms with Crippen molar-refractivity contribution in [1.82, 2.24) is 0 Å². The maximum Gasteiger partial charge on any atom is 0.0642 e. The second kappa shape index (κ2) is 6.40. The third kappa shape index (κ3) is 6.58. The molecule has 0 saturated carbocycles. The van der Waals surface area contributed by atoms with Crippen molar-refractivity contribution in [3.8, 4) is 0 Å². The second-order valence-electron chi connectivity index (χ2n) is 3.34. The molecule has 0 bridgehead atoms. The Morgan fingerprint density at radius 3 is 2.17 bits per heavy atom. The Morgan fingerprint density at radius 1 is 1.08 bits per heavy atom. The number of hydrogen-bond acceptors (Lipinski definition) is 3. The molecule has 0 aromatic heterocycles. The fraction of sp³-hybridized carbons (Fsp3) is 1.00. The Labute approximate surface area is 74.7 Å². The quantitative estimate of drug-likeness (QED) is 0.592. The molecule has 0 aliphatic heterocycles. The number of ether oxygens (including phenoxy) is 2. The van der Waals surface area contributed by atoms with E-state index in [9.17, 15) is 5.11 Å². The summed E-state index contributed by atoms with van der Waals surface area (Å²) in [6.45, 7) is 3.16. The lowest BCUT2D eigenvalue weighted by molar-refractivity contribution is 0.0105. The van der Waals surface area contributed by atoms with Crippen LogP contribution >= 0.6 is 0 Å². The van der Waals surface area contributed by atoms with Gasteiger partial charge >= 0.3 is 0 Å². The molecule has 1 N–H and O–H groups in total. The molecule has 1 unspecified atom stereocenters. The first kappa shape index (κ1) is 11.9. The summed E-state index contributed by atoms with van der Waals surface area (Å²) in [6.07, 6.45) is 2.35. The predicted molar refractivity (Wildman–Crippen MR) is 48.2 cm³/mol. The first-order valence-electron chi connectivity index (χ1n) is 4.32. The average Bonchev–Trinajstić information content (AvgIpc) is 2.01. The molecule has 0 aliphatic carbocycles. The van der Waals surface area contributed by atoms with Gasteiger partial charge in [-0.1, -0.05) is 0 Å². The van der Waals surface area contributed by atoms with Crippen molar-refractivity contribution >= 4 is 0 Å². The van der Waals surface area contributed by atoms with Crippen molar-refractivity contribution in [2.75, 3.05) is 27.4 Å². The summed E-state index contributed by atoms with van der Waals surface area (Å²) in [7, 11) is 3.31. The predicted octanol–water partition coefficient (Wildman–Crippen LogP) is 1.20. The van der Waals surface area contributed by atoms with Crippen LogP contribution in [0.3, 0.4) is 0 Å². The minimum atomic E-state index is -0.603. The molecule has 0 aromatic rings. The van der Waals surface area contributed by atoms with Crippen LogP contribution in [0.15, 0.2) is 0 Å². The van der Waals surface area contributed by atoms with Crippen LogP contribution in [0.4, 0.5) is 0 Å². The average molecular weight is 176 g/mol. The molecule has 1 atom stereocenters. The Balaban J connectivity index is 3.42. The molecule has 0 aliphatic rings. The Bertz CT molecular complexity index is 102. The summed E-state index contributed by atoms with van der Waals surface area (Å²) in [5, 5.41) is 9.74. The fourth-order valence-electron chi connectivity index (χ4n) is 1.04. The van der Waals surface area contributed by atoms with Gasteiger partial charge in [0.05, 0.1) is 5.60 Å². The van der Waals surface area contributed by atoms with Crippen molar-refractivity contribution in [3.63, 3.8) is 0 Å². The van der Waals surface area contributed by atoms with Gasteiger partial charge in [-0.3, -0.25) is 0 Å². The normalized spacial score (nSPS) is 16.0. The van der Waals surface area contributed by atoms with Crippen LogP contribution in [0.2, 0.25) is 0 Å². The molecule has 0 amide bonds. The van der Waals surface area contributed by atoms with Crippen LogP contribution in [0.25, 0.3) is 0 Å². The summed E-state index contributed by atoms with van der Waals surface area (Å²) in [4.78, 5) is 0. The van der Waals surface area contributed by atoms with Gasteiger partial charge in [0.25, 0.3) is 0 Å². The Hall–Kier alpha value is -0.120. The van der Waals surface area contributed by atoms with Crippen LogP contribution in [0.1, 0.15) is 26.2 Å². The van der Waals surface area contributed by atoms with Crippen LogP contribution in [0, 0.1) is 0 Å². The third-order valence-corrected chi connectivity index (χ3v) is 1.91. The third-order valence-electron chi connectivity index (χ3n) is 1.91. The highest BCUT2D eigenvalue weighted by atomic mass is 16.5. The highest BCUT2D eigenvalue weighted by Gasteiger charge is 2.18. The molecule has 3 heteroatoms. The van der Waals surface area contributed by atoms with Gasteiger partial charge in [0.1, 0.15) is 0 Å². The van der Waals surface area contributed by atoms with E-state index >= 15 is 0 Å². The fourth-order valence-corrected chi connectivity index (χ4v) is 1.04. The first-order chi connectivity index (χ1) is 5.62. The van der Waals surface area contributed by atoms with Crippen LogP contribution in [-0.4, -0.2) is 38.1 Å². The summed E-state index contributed by atoms with van der Waals surface area (Å²) in [6, 6.07) is 0. The molecule has 0 rings (SSSR count). The molecule has 0 fully saturated rings. The first-order valence-corrected chi connectivity index (χ1v) is 4.32. The summed E-state index contributed by atoms with van der Waals surface area (Å²) in [5.41, 5.74) is -0.603. The Kier molecular flexibility index (Phi) is 6.34. The molecule has 0 heterocycles. The van der Waals surface area contributed by atoms with E-state index in [1.165, 1.54) is 0 Å². The highest BCUT2D eigenvalue weighted by molar-refractivity contribution is 4.71. The number of aliphatic hydroxyl groups is 1. The summed E-state index contributed by atoms with van der Waals surface area (Å²) in [5.74, 6) is 0. The SMILES string of the molecule is COCCCC(C)(O)CCOC. The van der Waals surface area contributed by atoms with Gasteiger partial charge in [-0.05, 0) is 26.2 Å². The monoisotopic (exact) mass is 176 g/mol. The molecular weight excluding hydrogens is 156 g/mol. The van der Waals surface area contributed by atoms with E-state index < -0.39 is 5.60 Å². The molecule has 74 valence electrons. The molecule has 12 heavy (non-hydrogen) atoms. The van der Waals surface area contributed by atoms with E-state index in [1.54, 1.807) is 14.2 Å². The van der Waals surface area contributed by atoms with E-state index in [4.69, 9.17) is 9.47 Å². The van der Waals surface area contributed by atoms with Gasteiger partial charge in [-0.2, -0.15) is 0 Å². The van der Waals surface area contributed by atoms with Crippen molar-refractivity contribution in [1.29, 1.82) is 0 Å².